The molecule has 0 aliphatic carbocycles. The van der Waals surface area contributed by atoms with Gasteiger partial charge in [-0.15, -0.1) is 0 Å². The predicted octanol–water partition coefficient (Wildman–Crippen LogP) is 6.20. The van der Waals surface area contributed by atoms with Gasteiger partial charge in [-0.05, 0) is 60.5 Å². The molecule has 0 aliphatic rings. The SMILES string of the molecule is O=C(c1ccc(Cl)cc1)C(Cc1ccccc1Cl)C(=O)c1cc(F)ccc1F. The summed E-state index contributed by atoms with van der Waals surface area (Å²) >= 11 is 12.0. The molecule has 0 N–H and O–H groups in total. The molecular formula is C22H14Cl2F2O2. The van der Waals surface area contributed by atoms with Crippen LogP contribution in [-0.2, 0) is 6.42 Å². The van der Waals surface area contributed by atoms with Gasteiger partial charge in [0.1, 0.15) is 11.6 Å². The Labute approximate surface area is 170 Å². The molecule has 3 aromatic carbocycles. The van der Waals surface area contributed by atoms with Crippen molar-refractivity contribution in [2.24, 2.45) is 5.92 Å². The van der Waals surface area contributed by atoms with E-state index >= 15 is 0 Å². The standard InChI is InChI=1S/C22H14Cl2F2O2/c23-15-7-5-13(6-8-15)21(27)18(11-14-3-1-2-4-19(14)24)22(28)17-12-16(25)9-10-20(17)26/h1-10,12,18H,11H2. The van der Waals surface area contributed by atoms with Gasteiger partial charge in [-0.3, -0.25) is 9.59 Å². The van der Waals surface area contributed by atoms with E-state index in [0.29, 0.717) is 15.6 Å². The van der Waals surface area contributed by atoms with Crippen LogP contribution in [0.15, 0.2) is 66.7 Å². The molecule has 0 aliphatic heterocycles. The van der Waals surface area contributed by atoms with Crippen molar-refractivity contribution in [1.82, 2.24) is 0 Å². The third-order valence-electron chi connectivity index (χ3n) is 4.34. The number of carbonyl (C=O) groups excluding carboxylic acids is 2. The van der Waals surface area contributed by atoms with Crippen LogP contribution >= 0.6 is 23.2 Å². The van der Waals surface area contributed by atoms with E-state index in [1.165, 1.54) is 24.3 Å². The van der Waals surface area contributed by atoms with Crippen LogP contribution in [0.1, 0.15) is 26.3 Å². The molecule has 142 valence electrons. The average molecular weight is 419 g/mol. The van der Waals surface area contributed by atoms with Crippen molar-refractivity contribution >= 4 is 34.8 Å². The number of hydrogen-bond acceptors (Lipinski definition) is 2. The van der Waals surface area contributed by atoms with E-state index in [1.807, 2.05) is 0 Å². The molecule has 28 heavy (non-hydrogen) atoms. The van der Waals surface area contributed by atoms with Crippen molar-refractivity contribution in [3.63, 3.8) is 0 Å². The van der Waals surface area contributed by atoms with Crippen LogP contribution in [-0.4, -0.2) is 11.6 Å². The van der Waals surface area contributed by atoms with Gasteiger partial charge in [0.2, 0.25) is 0 Å². The van der Waals surface area contributed by atoms with Crippen molar-refractivity contribution < 1.29 is 18.4 Å². The lowest BCUT2D eigenvalue weighted by Crippen LogP contribution is -2.27. The van der Waals surface area contributed by atoms with Crippen molar-refractivity contribution in [3.05, 3.63) is 105 Å². The first-order valence-corrected chi connectivity index (χ1v) is 9.15. The van der Waals surface area contributed by atoms with Crippen molar-refractivity contribution in [3.8, 4) is 0 Å². The first-order chi connectivity index (χ1) is 13.4. The van der Waals surface area contributed by atoms with E-state index in [1.54, 1.807) is 24.3 Å². The lowest BCUT2D eigenvalue weighted by Gasteiger charge is -2.17. The number of carbonyl (C=O) groups is 2. The van der Waals surface area contributed by atoms with Crippen LogP contribution in [0.3, 0.4) is 0 Å². The third kappa shape index (κ3) is 4.46. The highest BCUT2D eigenvalue weighted by molar-refractivity contribution is 6.31. The molecule has 0 heterocycles. The second-order valence-electron chi connectivity index (χ2n) is 6.21. The highest BCUT2D eigenvalue weighted by Gasteiger charge is 2.31. The maximum Gasteiger partial charge on any atom is 0.177 e. The Bertz CT molecular complexity index is 1030. The summed E-state index contributed by atoms with van der Waals surface area (Å²) in [6.45, 7) is 0. The van der Waals surface area contributed by atoms with Gasteiger partial charge in [0.15, 0.2) is 11.6 Å². The number of rotatable bonds is 6. The normalized spacial score (nSPS) is 11.9. The van der Waals surface area contributed by atoms with Crippen molar-refractivity contribution in [1.29, 1.82) is 0 Å². The van der Waals surface area contributed by atoms with Gasteiger partial charge in [0.05, 0.1) is 11.5 Å². The number of ketones is 2. The minimum atomic E-state index is -1.27. The zero-order valence-corrected chi connectivity index (χ0v) is 16.0. The van der Waals surface area contributed by atoms with Gasteiger partial charge in [-0.2, -0.15) is 0 Å². The van der Waals surface area contributed by atoms with Gasteiger partial charge in [-0.1, -0.05) is 41.4 Å². The van der Waals surface area contributed by atoms with E-state index in [0.717, 1.165) is 18.2 Å². The summed E-state index contributed by atoms with van der Waals surface area (Å²) in [5.41, 5.74) is 0.327. The van der Waals surface area contributed by atoms with Gasteiger partial charge in [-0.25, -0.2) is 8.78 Å². The van der Waals surface area contributed by atoms with Gasteiger partial charge < -0.3 is 0 Å². The molecule has 0 spiro atoms. The number of halogens is 4. The van der Waals surface area contributed by atoms with Gasteiger partial charge in [0.25, 0.3) is 0 Å². The number of benzene rings is 3. The van der Waals surface area contributed by atoms with E-state index in [-0.39, 0.29) is 12.0 Å². The van der Waals surface area contributed by atoms with Gasteiger partial charge in [0, 0.05) is 15.6 Å². The van der Waals surface area contributed by atoms with E-state index in [9.17, 15) is 18.4 Å². The molecule has 0 saturated heterocycles. The maximum atomic E-state index is 14.2. The summed E-state index contributed by atoms with van der Waals surface area (Å²) in [5, 5.41) is 0.811. The number of Topliss-reactive ketones (excluding diaryl/α,β-unsaturated/α-hetero) is 2. The summed E-state index contributed by atoms with van der Waals surface area (Å²) < 4.78 is 27.8. The zero-order chi connectivity index (χ0) is 20.3. The lowest BCUT2D eigenvalue weighted by atomic mass is 9.85. The van der Waals surface area contributed by atoms with Crippen LogP contribution in [0.4, 0.5) is 8.78 Å². The molecule has 0 aromatic heterocycles. The first kappa shape index (κ1) is 20.2. The Hall–Kier alpha value is -2.56. The van der Waals surface area contributed by atoms with E-state index in [4.69, 9.17) is 23.2 Å². The van der Waals surface area contributed by atoms with Crippen LogP contribution in [0.25, 0.3) is 0 Å². The maximum absolute atomic E-state index is 14.2. The molecule has 3 aromatic rings. The Morgan fingerprint density at radius 3 is 2.21 bits per heavy atom. The van der Waals surface area contributed by atoms with Gasteiger partial charge >= 0.3 is 0 Å². The summed E-state index contributed by atoms with van der Waals surface area (Å²) in [6.07, 6.45) is -0.0457. The Morgan fingerprint density at radius 1 is 0.857 bits per heavy atom. The van der Waals surface area contributed by atoms with Crippen LogP contribution in [0, 0.1) is 17.6 Å². The second kappa shape index (κ2) is 8.63. The first-order valence-electron chi connectivity index (χ1n) is 8.39. The summed E-state index contributed by atoms with van der Waals surface area (Å²) in [5.74, 6) is -4.25. The second-order valence-corrected chi connectivity index (χ2v) is 7.05. The van der Waals surface area contributed by atoms with Crippen LogP contribution < -0.4 is 0 Å². The highest BCUT2D eigenvalue weighted by atomic mass is 35.5. The average Bonchev–Trinajstić information content (AvgIpc) is 2.69. The van der Waals surface area contributed by atoms with Crippen molar-refractivity contribution in [2.45, 2.75) is 6.42 Å². The third-order valence-corrected chi connectivity index (χ3v) is 4.96. The fourth-order valence-electron chi connectivity index (χ4n) is 2.88. The topological polar surface area (TPSA) is 34.1 Å². The minimum absolute atomic E-state index is 0.0457. The predicted molar refractivity (Wildman–Crippen MR) is 105 cm³/mol. The molecule has 0 radical (unpaired) electrons. The summed E-state index contributed by atoms with van der Waals surface area (Å²) in [7, 11) is 0. The molecule has 1 atom stereocenters. The van der Waals surface area contributed by atoms with Crippen LogP contribution in [0.2, 0.25) is 10.0 Å². The zero-order valence-electron chi connectivity index (χ0n) is 14.5. The highest BCUT2D eigenvalue weighted by Crippen LogP contribution is 2.26. The molecule has 0 fully saturated rings. The molecular weight excluding hydrogens is 405 g/mol. The molecule has 0 saturated carbocycles. The largest absolute Gasteiger partial charge is 0.293 e. The molecule has 1 unspecified atom stereocenters. The Morgan fingerprint density at radius 2 is 1.54 bits per heavy atom. The number of hydrogen-bond donors (Lipinski definition) is 0. The fraction of sp³-hybridized carbons (Fsp3) is 0.0909. The summed E-state index contributed by atoms with van der Waals surface area (Å²) in [6, 6.07) is 15.3. The Kier molecular flexibility index (Phi) is 6.22. The van der Waals surface area contributed by atoms with E-state index < -0.39 is 34.7 Å². The molecule has 3 rings (SSSR count). The monoisotopic (exact) mass is 418 g/mol. The summed E-state index contributed by atoms with van der Waals surface area (Å²) in [4.78, 5) is 26.1. The fourth-order valence-corrected chi connectivity index (χ4v) is 3.22. The molecule has 6 heteroatoms. The molecule has 2 nitrogen and oxygen atoms in total. The molecule has 0 bridgehead atoms. The van der Waals surface area contributed by atoms with E-state index in [2.05, 4.69) is 0 Å². The molecule has 0 amide bonds. The Balaban J connectivity index is 2.04. The lowest BCUT2D eigenvalue weighted by molar-refractivity contribution is 0.0804. The van der Waals surface area contributed by atoms with Crippen molar-refractivity contribution in [2.75, 3.05) is 0 Å². The smallest absolute Gasteiger partial charge is 0.177 e. The minimum Gasteiger partial charge on any atom is -0.293 e. The van der Waals surface area contributed by atoms with Crippen LogP contribution in [0.5, 0.6) is 0 Å². The quantitative estimate of drug-likeness (QED) is 0.352.